The molecule has 0 spiro atoms. The minimum atomic E-state index is -1.08. The molecule has 12 heteroatoms. The van der Waals surface area contributed by atoms with E-state index in [1.165, 1.54) is 19.3 Å². The third-order valence-corrected chi connectivity index (χ3v) is 3.99. The number of nitrogens with zero attached hydrogens (tertiary/aromatic N) is 2. The van der Waals surface area contributed by atoms with Crippen LogP contribution in [0.1, 0.15) is 18.3 Å². The van der Waals surface area contributed by atoms with Crippen molar-refractivity contribution in [2.45, 2.75) is 6.92 Å². The average Bonchev–Trinajstić information content (AvgIpc) is 2.64. The number of methoxy groups -OCH3 is 1. The number of nitro groups is 1. The van der Waals surface area contributed by atoms with E-state index in [4.69, 9.17) is 14.2 Å². The number of aromatic hydroxyl groups is 1. The Balaban J connectivity index is 2.28. The third-order valence-electron chi connectivity index (χ3n) is 3.40. The first kappa shape index (κ1) is 21.9. The van der Waals surface area contributed by atoms with Gasteiger partial charge in [-0.1, -0.05) is 6.08 Å². The number of carbonyl (C=O) groups excluding carboxylic acids is 1. The van der Waals surface area contributed by atoms with Gasteiger partial charge < -0.3 is 24.3 Å². The van der Waals surface area contributed by atoms with Crippen LogP contribution < -0.4 is 15.0 Å². The number of ether oxygens (including phenoxy) is 3. The molecule has 2 N–H and O–H groups in total. The van der Waals surface area contributed by atoms with Crippen LogP contribution in [0.3, 0.4) is 0 Å². The van der Waals surface area contributed by atoms with Gasteiger partial charge in [0.15, 0.2) is 18.1 Å². The van der Waals surface area contributed by atoms with Gasteiger partial charge in [-0.3, -0.25) is 14.9 Å². The molecule has 0 saturated heterocycles. The van der Waals surface area contributed by atoms with Crippen molar-refractivity contribution in [2.75, 3.05) is 20.3 Å². The minimum Gasteiger partial charge on any atom is -0.493 e. The van der Waals surface area contributed by atoms with Crippen molar-refractivity contribution in [3.63, 3.8) is 0 Å². The van der Waals surface area contributed by atoms with Gasteiger partial charge in [-0.05, 0) is 46.6 Å². The van der Waals surface area contributed by atoms with Gasteiger partial charge in [0.1, 0.15) is 5.82 Å². The first-order valence-electron chi connectivity index (χ1n) is 8.08. The summed E-state index contributed by atoms with van der Waals surface area (Å²) in [6.07, 6.45) is 2.86. The van der Waals surface area contributed by atoms with Crippen molar-refractivity contribution in [3.8, 4) is 17.4 Å². The molecule has 0 amide bonds. The molecule has 29 heavy (non-hydrogen) atoms. The molecular weight excluding hydrogens is 454 g/mol. The van der Waals surface area contributed by atoms with Crippen molar-refractivity contribution in [1.29, 1.82) is 0 Å². The van der Waals surface area contributed by atoms with Crippen LogP contribution in [0.5, 0.6) is 17.4 Å². The standard InChI is InChI=1S/C17H16BrN3O8/c1-3-28-13(22)8-29-15-10(18)6-9(7-11(15)27-2)4-5-12-19-16(23)14(21(25)26)17(24)20-12/h4-7H,3,8H2,1-2H3,(H2,19,20,23,24)/b5-4+. The fourth-order valence-corrected chi connectivity index (χ4v) is 2.77. The maximum atomic E-state index is 11.7. The van der Waals surface area contributed by atoms with E-state index in [2.05, 4.69) is 25.9 Å². The highest BCUT2D eigenvalue weighted by Crippen LogP contribution is 2.37. The number of carbonyl (C=O) groups is 1. The molecule has 0 bridgehead atoms. The normalized spacial score (nSPS) is 10.7. The molecule has 0 aliphatic carbocycles. The van der Waals surface area contributed by atoms with Crippen molar-refractivity contribution >= 4 is 39.7 Å². The lowest BCUT2D eigenvalue weighted by Gasteiger charge is -2.13. The molecular formula is C17H16BrN3O8. The van der Waals surface area contributed by atoms with Crippen molar-refractivity contribution in [1.82, 2.24) is 9.97 Å². The number of rotatable bonds is 8. The van der Waals surface area contributed by atoms with E-state index >= 15 is 0 Å². The summed E-state index contributed by atoms with van der Waals surface area (Å²) in [5, 5.41) is 20.3. The minimum absolute atomic E-state index is 0.0872. The fourth-order valence-electron chi connectivity index (χ4n) is 2.20. The highest BCUT2D eigenvalue weighted by atomic mass is 79.9. The average molecular weight is 470 g/mol. The largest absolute Gasteiger partial charge is 0.493 e. The summed E-state index contributed by atoms with van der Waals surface area (Å²) in [6.45, 7) is 1.62. The lowest BCUT2D eigenvalue weighted by atomic mass is 10.2. The van der Waals surface area contributed by atoms with Gasteiger partial charge in [-0.25, -0.2) is 4.79 Å². The topological polar surface area (TPSA) is 154 Å². The molecule has 2 aromatic rings. The Bertz CT molecular complexity index is 1020. The zero-order valence-electron chi connectivity index (χ0n) is 15.3. The predicted octanol–water partition coefficient (Wildman–Crippen LogP) is 2.27. The summed E-state index contributed by atoms with van der Waals surface area (Å²) >= 11 is 3.32. The molecule has 11 nitrogen and oxygen atoms in total. The highest BCUT2D eigenvalue weighted by molar-refractivity contribution is 9.10. The Morgan fingerprint density at radius 2 is 2.14 bits per heavy atom. The molecule has 2 rings (SSSR count). The summed E-state index contributed by atoms with van der Waals surface area (Å²) in [4.78, 5) is 38.6. The number of nitrogens with one attached hydrogen (secondary N) is 1. The number of esters is 1. The van der Waals surface area contributed by atoms with Gasteiger partial charge in [0.2, 0.25) is 0 Å². The first-order valence-corrected chi connectivity index (χ1v) is 8.87. The van der Waals surface area contributed by atoms with Crippen molar-refractivity contribution in [3.05, 3.63) is 48.5 Å². The molecule has 154 valence electrons. The smallest absolute Gasteiger partial charge is 0.395 e. The van der Waals surface area contributed by atoms with Gasteiger partial charge in [-0.2, -0.15) is 4.98 Å². The molecule has 0 aliphatic rings. The zero-order chi connectivity index (χ0) is 21.6. The molecule has 1 aromatic carbocycles. The van der Waals surface area contributed by atoms with Gasteiger partial charge in [0.25, 0.3) is 5.88 Å². The lowest BCUT2D eigenvalue weighted by Crippen LogP contribution is -2.15. The molecule has 0 radical (unpaired) electrons. The summed E-state index contributed by atoms with van der Waals surface area (Å²) < 4.78 is 16.0. The maximum absolute atomic E-state index is 11.7. The van der Waals surface area contributed by atoms with Crippen LogP contribution in [0, 0.1) is 10.1 Å². The third kappa shape index (κ3) is 5.54. The van der Waals surface area contributed by atoms with E-state index in [1.54, 1.807) is 19.1 Å². The second kappa shape index (κ2) is 9.68. The maximum Gasteiger partial charge on any atom is 0.395 e. The number of hydrogen-bond acceptors (Lipinski definition) is 9. The van der Waals surface area contributed by atoms with Gasteiger partial charge in [0, 0.05) is 0 Å². The second-order valence-corrected chi connectivity index (χ2v) is 6.20. The van der Waals surface area contributed by atoms with Crippen LogP contribution in [-0.2, 0) is 9.53 Å². The van der Waals surface area contributed by atoms with Crippen LogP contribution in [0.4, 0.5) is 5.69 Å². The first-order chi connectivity index (χ1) is 13.8. The molecule has 0 fully saturated rings. The zero-order valence-corrected chi connectivity index (χ0v) is 16.9. The Morgan fingerprint density at radius 3 is 2.72 bits per heavy atom. The summed E-state index contributed by atoms with van der Waals surface area (Å²) in [6, 6.07) is 3.23. The predicted molar refractivity (Wildman–Crippen MR) is 105 cm³/mol. The van der Waals surface area contributed by atoms with Crippen molar-refractivity contribution in [2.24, 2.45) is 0 Å². The SMILES string of the molecule is CCOC(=O)COc1c(Br)cc(/C=C/c2nc(O)c([N+](=O)[O-])c(=O)[nH]2)cc1OC. The summed E-state index contributed by atoms with van der Waals surface area (Å²) in [5.74, 6) is -0.998. The highest BCUT2D eigenvalue weighted by Gasteiger charge is 2.21. The number of hydrogen-bond donors (Lipinski definition) is 2. The van der Waals surface area contributed by atoms with Crippen molar-refractivity contribution < 1.29 is 29.0 Å². The van der Waals surface area contributed by atoms with E-state index in [9.17, 15) is 24.8 Å². The van der Waals surface area contributed by atoms with Gasteiger partial charge in [0.05, 0.1) is 23.1 Å². The van der Waals surface area contributed by atoms with Crippen LogP contribution in [0.15, 0.2) is 21.4 Å². The van der Waals surface area contributed by atoms with Crippen LogP contribution in [0.25, 0.3) is 12.2 Å². The summed E-state index contributed by atoms with van der Waals surface area (Å²) in [7, 11) is 1.42. The number of aromatic amines is 1. The quantitative estimate of drug-likeness (QED) is 0.336. The van der Waals surface area contributed by atoms with E-state index in [-0.39, 0.29) is 24.8 Å². The van der Waals surface area contributed by atoms with Crippen LogP contribution in [-0.4, -0.2) is 46.3 Å². The number of H-pyrrole nitrogens is 1. The van der Waals surface area contributed by atoms with Gasteiger partial charge >= 0.3 is 17.2 Å². The van der Waals surface area contributed by atoms with Crippen LogP contribution >= 0.6 is 15.9 Å². The molecule has 1 heterocycles. The van der Waals surface area contributed by atoms with Crippen LogP contribution in [0.2, 0.25) is 0 Å². The second-order valence-electron chi connectivity index (χ2n) is 5.34. The van der Waals surface area contributed by atoms with E-state index in [0.717, 1.165) is 0 Å². The molecule has 0 atom stereocenters. The molecule has 1 aromatic heterocycles. The Morgan fingerprint density at radius 1 is 1.41 bits per heavy atom. The van der Waals surface area contributed by atoms with Gasteiger partial charge in [-0.15, -0.1) is 0 Å². The monoisotopic (exact) mass is 469 g/mol. The Kier molecular flexibility index (Phi) is 7.31. The van der Waals surface area contributed by atoms with E-state index in [0.29, 0.717) is 15.8 Å². The Labute approximate surface area is 172 Å². The molecule has 0 aliphatic heterocycles. The number of halogens is 1. The molecule has 0 unspecified atom stereocenters. The fraction of sp³-hybridized carbons (Fsp3) is 0.235. The molecule has 0 saturated carbocycles. The van der Waals surface area contributed by atoms with E-state index in [1.807, 2.05) is 0 Å². The number of aromatic nitrogens is 2. The van der Waals surface area contributed by atoms with E-state index < -0.39 is 28.0 Å². The Hall–Kier alpha value is -3.41. The lowest BCUT2D eigenvalue weighted by molar-refractivity contribution is -0.387. The number of benzene rings is 1. The summed E-state index contributed by atoms with van der Waals surface area (Å²) in [5.41, 5.74) is -1.53.